The Kier molecular flexibility index (Phi) is 6.24. The summed E-state index contributed by atoms with van der Waals surface area (Å²) in [6.45, 7) is 7.57. The summed E-state index contributed by atoms with van der Waals surface area (Å²) in [5.41, 5.74) is 2.73. The van der Waals surface area contributed by atoms with Gasteiger partial charge in [-0.15, -0.1) is 11.3 Å². The van der Waals surface area contributed by atoms with Crippen LogP contribution in [0.2, 0.25) is 0 Å². The smallest absolute Gasteiger partial charge is 0.256 e. The van der Waals surface area contributed by atoms with Crippen molar-refractivity contribution >= 4 is 22.9 Å². The molecule has 7 heteroatoms. The minimum Gasteiger partial charge on any atom is -0.379 e. The summed E-state index contributed by atoms with van der Waals surface area (Å²) in [4.78, 5) is 20.4. The van der Waals surface area contributed by atoms with Gasteiger partial charge in [-0.2, -0.15) is 4.98 Å². The van der Waals surface area contributed by atoms with Crippen LogP contribution in [0.4, 0.5) is 5.69 Å². The van der Waals surface area contributed by atoms with Gasteiger partial charge >= 0.3 is 0 Å². The fraction of sp³-hybridized carbons (Fsp3) is 0.350. The molecular formula is C20H24N4O2S. The standard InChI is InChI=1S/C20H24N4O2S/c1-4-18-22-19(26-23-18)13-24(5-2)20(25)15-8-6-7-9-16(15)21-12-17-14(3)10-11-27-17/h6-11,21H,4-5,12-13H2,1-3H3. The molecule has 0 saturated carbocycles. The molecule has 142 valence electrons. The van der Waals surface area contributed by atoms with Gasteiger partial charge < -0.3 is 14.7 Å². The fourth-order valence-corrected chi connectivity index (χ4v) is 3.59. The number of thiophene rings is 1. The van der Waals surface area contributed by atoms with Crippen LogP contribution in [0, 0.1) is 6.92 Å². The lowest BCUT2D eigenvalue weighted by atomic mass is 10.1. The van der Waals surface area contributed by atoms with E-state index in [0.29, 0.717) is 43.3 Å². The lowest BCUT2D eigenvalue weighted by Crippen LogP contribution is -2.31. The molecule has 0 aliphatic carbocycles. The Balaban J connectivity index is 1.75. The summed E-state index contributed by atoms with van der Waals surface area (Å²) < 4.78 is 5.24. The van der Waals surface area contributed by atoms with Gasteiger partial charge in [-0.05, 0) is 43.0 Å². The van der Waals surface area contributed by atoms with Crippen LogP contribution in [0.3, 0.4) is 0 Å². The number of rotatable bonds is 8. The number of aromatic nitrogens is 2. The number of carbonyl (C=O) groups is 1. The van der Waals surface area contributed by atoms with E-state index in [1.807, 2.05) is 38.1 Å². The molecule has 3 rings (SSSR count). The highest BCUT2D eigenvalue weighted by Crippen LogP contribution is 2.22. The number of para-hydroxylation sites is 1. The molecule has 27 heavy (non-hydrogen) atoms. The zero-order chi connectivity index (χ0) is 19.2. The highest BCUT2D eigenvalue weighted by Gasteiger charge is 2.20. The molecule has 0 saturated heterocycles. The normalized spacial score (nSPS) is 10.8. The number of benzene rings is 1. The molecule has 0 atom stereocenters. The van der Waals surface area contributed by atoms with E-state index in [0.717, 1.165) is 5.69 Å². The van der Waals surface area contributed by atoms with Crippen molar-refractivity contribution in [3.05, 3.63) is 63.4 Å². The molecule has 3 aromatic rings. The molecule has 1 aromatic carbocycles. The van der Waals surface area contributed by atoms with E-state index in [1.54, 1.807) is 16.2 Å². The van der Waals surface area contributed by atoms with E-state index in [4.69, 9.17) is 4.52 Å². The Bertz CT molecular complexity index is 903. The van der Waals surface area contributed by atoms with Crippen molar-refractivity contribution < 1.29 is 9.32 Å². The van der Waals surface area contributed by atoms with Crippen LogP contribution in [0.5, 0.6) is 0 Å². The molecule has 1 N–H and O–H groups in total. The van der Waals surface area contributed by atoms with E-state index in [1.165, 1.54) is 10.4 Å². The van der Waals surface area contributed by atoms with Gasteiger partial charge in [0.1, 0.15) is 6.54 Å². The number of hydrogen-bond acceptors (Lipinski definition) is 6. The molecule has 2 aromatic heterocycles. The maximum Gasteiger partial charge on any atom is 0.256 e. The Labute approximate surface area is 163 Å². The van der Waals surface area contributed by atoms with Crippen LogP contribution in [0.25, 0.3) is 0 Å². The SMILES string of the molecule is CCc1noc(CN(CC)C(=O)c2ccccc2NCc2sccc2C)n1. The van der Waals surface area contributed by atoms with Gasteiger partial charge in [-0.3, -0.25) is 4.79 Å². The average Bonchev–Trinajstić information content (AvgIpc) is 3.32. The first kappa shape index (κ1) is 19.1. The second-order valence-corrected chi connectivity index (χ2v) is 7.20. The second-order valence-electron chi connectivity index (χ2n) is 6.20. The monoisotopic (exact) mass is 384 g/mol. The molecule has 2 heterocycles. The number of nitrogens with zero attached hydrogens (tertiary/aromatic N) is 3. The van der Waals surface area contributed by atoms with Crippen LogP contribution < -0.4 is 5.32 Å². The number of anilines is 1. The Morgan fingerprint density at radius 1 is 1.26 bits per heavy atom. The lowest BCUT2D eigenvalue weighted by molar-refractivity contribution is 0.0735. The summed E-state index contributed by atoms with van der Waals surface area (Å²) in [6.07, 6.45) is 0.707. The predicted molar refractivity (Wildman–Crippen MR) is 107 cm³/mol. The molecular weight excluding hydrogens is 360 g/mol. The highest BCUT2D eigenvalue weighted by molar-refractivity contribution is 7.10. The third kappa shape index (κ3) is 4.54. The zero-order valence-corrected chi connectivity index (χ0v) is 16.7. The molecule has 0 aliphatic heterocycles. The second kappa shape index (κ2) is 8.81. The van der Waals surface area contributed by atoms with Crippen LogP contribution >= 0.6 is 11.3 Å². The van der Waals surface area contributed by atoms with Gasteiger partial charge in [0.15, 0.2) is 5.82 Å². The van der Waals surface area contributed by atoms with Gasteiger partial charge in [0.25, 0.3) is 5.91 Å². The molecule has 1 amide bonds. The van der Waals surface area contributed by atoms with E-state index in [9.17, 15) is 4.79 Å². The van der Waals surface area contributed by atoms with E-state index in [2.05, 4.69) is 33.8 Å². The number of carbonyl (C=O) groups excluding carboxylic acids is 1. The molecule has 0 bridgehead atoms. The summed E-state index contributed by atoms with van der Waals surface area (Å²) in [7, 11) is 0. The quantitative estimate of drug-likeness (QED) is 0.628. The Morgan fingerprint density at radius 2 is 2.07 bits per heavy atom. The van der Waals surface area contributed by atoms with Crippen molar-refractivity contribution in [2.24, 2.45) is 0 Å². The van der Waals surface area contributed by atoms with Gasteiger partial charge in [0.05, 0.1) is 5.56 Å². The maximum absolute atomic E-state index is 13.1. The number of amides is 1. The first-order valence-corrected chi connectivity index (χ1v) is 9.96. The lowest BCUT2D eigenvalue weighted by Gasteiger charge is -2.21. The largest absolute Gasteiger partial charge is 0.379 e. The Hall–Kier alpha value is -2.67. The summed E-state index contributed by atoms with van der Waals surface area (Å²) in [6, 6.07) is 9.70. The van der Waals surface area contributed by atoms with Gasteiger partial charge in [-0.25, -0.2) is 0 Å². The molecule has 0 radical (unpaired) electrons. The molecule has 6 nitrogen and oxygen atoms in total. The molecule has 0 unspecified atom stereocenters. The van der Waals surface area contributed by atoms with Gasteiger partial charge in [0.2, 0.25) is 5.89 Å². The third-order valence-corrected chi connectivity index (χ3v) is 5.41. The Morgan fingerprint density at radius 3 is 2.74 bits per heavy atom. The average molecular weight is 385 g/mol. The summed E-state index contributed by atoms with van der Waals surface area (Å²) >= 11 is 1.71. The maximum atomic E-state index is 13.1. The van der Waals surface area contributed by atoms with Crippen LogP contribution in [-0.4, -0.2) is 27.5 Å². The summed E-state index contributed by atoms with van der Waals surface area (Å²) in [5, 5.41) is 9.39. The van der Waals surface area contributed by atoms with Crippen molar-refractivity contribution in [3.8, 4) is 0 Å². The minimum atomic E-state index is -0.0558. The van der Waals surface area contributed by atoms with Crippen LogP contribution in [-0.2, 0) is 19.5 Å². The minimum absolute atomic E-state index is 0.0558. The molecule has 0 spiro atoms. The van der Waals surface area contributed by atoms with Crippen LogP contribution in [0.15, 0.2) is 40.2 Å². The van der Waals surface area contributed by atoms with Crippen molar-refractivity contribution in [1.29, 1.82) is 0 Å². The number of aryl methyl sites for hydroxylation is 2. The molecule has 0 fully saturated rings. The zero-order valence-electron chi connectivity index (χ0n) is 15.9. The fourth-order valence-electron chi connectivity index (χ4n) is 2.74. The van der Waals surface area contributed by atoms with Crippen molar-refractivity contribution in [2.45, 2.75) is 40.3 Å². The summed E-state index contributed by atoms with van der Waals surface area (Å²) in [5.74, 6) is 1.06. The van der Waals surface area contributed by atoms with E-state index >= 15 is 0 Å². The van der Waals surface area contributed by atoms with Gasteiger partial charge in [0, 0.05) is 30.1 Å². The molecule has 0 aliphatic rings. The van der Waals surface area contributed by atoms with Gasteiger partial charge in [-0.1, -0.05) is 24.2 Å². The number of nitrogens with one attached hydrogen (secondary N) is 1. The highest BCUT2D eigenvalue weighted by atomic mass is 32.1. The first-order valence-electron chi connectivity index (χ1n) is 9.09. The van der Waals surface area contributed by atoms with Crippen molar-refractivity contribution in [1.82, 2.24) is 15.0 Å². The van der Waals surface area contributed by atoms with E-state index in [-0.39, 0.29) is 5.91 Å². The predicted octanol–water partition coefficient (Wildman–Crippen LogP) is 4.28. The van der Waals surface area contributed by atoms with Crippen molar-refractivity contribution in [3.63, 3.8) is 0 Å². The van der Waals surface area contributed by atoms with E-state index < -0.39 is 0 Å². The number of hydrogen-bond donors (Lipinski definition) is 1. The van der Waals surface area contributed by atoms with Crippen LogP contribution in [0.1, 0.15) is 46.4 Å². The third-order valence-electron chi connectivity index (χ3n) is 4.39. The van der Waals surface area contributed by atoms with Crippen molar-refractivity contribution in [2.75, 3.05) is 11.9 Å². The topological polar surface area (TPSA) is 71.3 Å². The first-order chi connectivity index (χ1) is 13.1.